The van der Waals surface area contributed by atoms with Gasteiger partial charge in [0, 0.05) is 18.7 Å². The highest BCUT2D eigenvalue weighted by molar-refractivity contribution is 7.80. The smallest absolute Gasteiger partial charge is 0.337 e. The van der Waals surface area contributed by atoms with Crippen molar-refractivity contribution in [2.24, 2.45) is 0 Å². The number of thiocarbonyl (C=S) groups is 1. The van der Waals surface area contributed by atoms with Gasteiger partial charge in [-0.3, -0.25) is 0 Å². The first-order valence-electron chi connectivity index (χ1n) is 10.1. The summed E-state index contributed by atoms with van der Waals surface area (Å²) in [4.78, 5) is 16.1. The molecule has 0 bridgehead atoms. The number of allylic oxidation sites excluding steroid dienone is 1. The number of nitrogens with one attached hydrogen (secondary N) is 2. The maximum Gasteiger partial charge on any atom is 0.337 e. The Hall–Kier alpha value is -2.64. The van der Waals surface area contributed by atoms with Crippen LogP contribution in [0.4, 0.5) is 0 Å². The highest BCUT2D eigenvalue weighted by atomic mass is 32.1. The van der Waals surface area contributed by atoms with E-state index in [2.05, 4.69) is 25.5 Å². The van der Waals surface area contributed by atoms with E-state index in [1.807, 2.05) is 42.2 Å². The Bertz CT molecular complexity index is 987. The fraction of sp³-hybridized carbons (Fsp3) is 0.391. The summed E-state index contributed by atoms with van der Waals surface area (Å²) < 4.78 is 10.4. The van der Waals surface area contributed by atoms with Crippen LogP contribution in [-0.2, 0) is 9.53 Å². The van der Waals surface area contributed by atoms with Gasteiger partial charge in [0.1, 0.15) is 5.75 Å². The van der Waals surface area contributed by atoms with Gasteiger partial charge in [0.25, 0.3) is 0 Å². The number of methoxy groups -OCH3 is 2. The van der Waals surface area contributed by atoms with Crippen molar-refractivity contribution in [3.63, 3.8) is 0 Å². The molecule has 7 heteroatoms. The van der Waals surface area contributed by atoms with Crippen LogP contribution in [0.25, 0.3) is 10.8 Å². The van der Waals surface area contributed by atoms with Crippen molar-refractivity contribution in [3.8, 4) is 5.75 Å². The van der Waals surface area contributed by atoms with Crippen molar-refractivity contribution < 1.29 is 19.2 Å². The first kappa shape index (κ1) is 22.1. The molecule has 0 unspecified atom stereocenters. The Morgan fingerprint density at radius 2 is 1.87 bits per heavy atom. The molecule has 2 N–H and O–H groups in total. The molecule has 0 fully saturated rings. The zero-order valence-corrected chi connectivity index (χ0v) is 19.1. The summed E-state index contributed by atoms with van der Waals surface area (Å²) in [5.41, 5.74) is 2.41. The first-order chi connectivity index (χ1) is 14.3. The van der Waals surface area contributed by atoms with E-state index < -0.39 is 0 Å². The van der Waals surface area contributed by atoms with Gasteiger partial charge >= 0.3 is 5.97 Å². The molecule has 160 valence electrons. The third kappa shape index (κ3) is 4.57. The van der Waals surface area contributed by atoms with Gasteiger partial charge in [0.15, 0.2) is 5.11 Å². The molecule has 0 spiro atoms. The molecule has 0 amide bonds. The molecule has 1 heterocycles. The lowest BCUT2D eigenvalue weighted by molar-refractivity contribution is -0.858. The molecule has 0 saturated heterocycles. The Morgan fingerprint density at radius 3 is 2.53 bits per heavy atom. The second-order valence-corrected chi connectivity index (χ2v) is 8.19. The molecule has 1 atom stereocenters. The number of fused-ring (bicyclic) bond motifs is 1. The Labute approximate surface area is 183 Å². The minimum atomic E-state index is -0.354. The zero-order chi connectivity index (χ0) is 21.8. The molecule has 1 aliphatic heterocycles. The molecular formula is C23H30N3O3S+. The number of ether oxygens (including phenoxy) is 2. The number of carbonyl (C=O) groups is 1. The third-order valence-electron chi connectivity index (χ3n) is 5.46. The molecule has 0 saturated carbocycles. The topological polar surface area (TPSA) is 55.2 Å². The van der Waals surface area contributed by atoms with Gasteiger partial charge in [-0.05, 0) is 53.7 Å². The standard InChI is InChI=1S/C23H29N3O3S/c1-15-20(22(27)29-5)21(24-23(30)26(15)12-6-11-25(2)3)18-8-7-17-14-19(28-4)10-9-16(17)13-18/h7-10,13-14,21H,6,11-12H2,1-5H3,(H,24,30)/p+1/t21-/m1/s1. The number of benzene rings is 2. The molecule has 0 aliphatic carbocycles. The molecule has 6 nitrogen and oxygen atoms in total. The van der Waals surface area contributed by atoms with Gasteiger partial charge in [-0.2, -0.15) is 0 Å². The summed E-state index contributed by atoms with van der Waals surface area (Å²) in [5, 5.41) is 6.15. The number of nitrogens with zero attached hydrogens (tertiary/aromatic N) is 1. The van der Waals surface area contributed by atoms with Crippen LogP contribution in [0.15, 0.2) is 47.7 Å². The summed E-state index contributed by atoms with van der Waals surface area (Å²) in [5.74, 6) is 0.471. The molecular weight excluding hydrogens is 398 g/mol. The summed E-state index contributed by atoms with van der Waals surface area (Å²) in [6.45, 7) is 3.73. The van der Waals surface area contributed by atoms with Gasteiger partial charge in [-0.15, -0.1) is 0 Å². The fourth-order valence-electron chi connectivity index (χ4n) is 3.81. The van der Waals surface area contributed by atoms with E-state index in [0.717, 1.165) is 47.3 Å². The highest BCUT2D eigenvalue weighted by Gasteiger charge is 2.34. The lowest BCUT2D eigenvalue weighted by Crippen LogP contribution is -3.05. The average Bonchev–Trinajstić information content (AvgIpc) is 2.74. The van der Waals surface area contributed by atoms with E-state index >= 15 is 0 Å². The number of carbonyl (C=O) groups excluding carboxylic acids is 1. The van der Waals surface area contributed by atoms with Gasteiger partial charge in [-0.1, -0.05) is 18.2 Å². The van der Waals surface area contributed by atoms with E-state index in [1.165, 1.54) is 12.0 Å². The quantitative estimate of drug-likeness (QED) is 0.520. The van der Waals surface area contributed by atoms with Crippen molar-refractivity contribution in [1.29, 1.82) is 0 Å². The zero-order valence-electron chi connectivity index (χ0n) is 18.2. The van der Waals surface area contributed by atoms with Crippen LogP contribution < -0.4 is 15.0 Å². The normalized spacial score (nSPS) is 16.8. The third-order valence-corrected chi connectivity index (χ3v) is 5.80. The molecule has 30 heavy (non-hydrogen) atoms. The van der Waals surface area contributed by atoms with Gasteiger partial charge in [0.05, 0.1) is 46.5 Å². The number of quaternary nitrogens is 1. The van der Waals surface area contributed by atoms with Crippen molar-refractivity contribution in [2.75, 3.05) is 41.4 Å². The largest absolute Gasteiger partial charge is 0.497 e. The van der Waals surface area contributed by atoms with Crippen molar-refractivity contribution in [1.82, 2.24) is 10.2 Å². The van der Waals surface area contributed by atoms with Gasteiger partial charge in [-0.25, -0.2) is 4.79 Å². The lowest BCUT2D eigenvalue weighted by Gasteiger charge is -2.37. The van der Waals surface area contributed by atoms with Crippen LogP contribution in [0.5, 0.6) is 5.75 Å². The summed E-state index contributed by atoms with van der Waals surface area (Å²) >= 11 is 5.67. The predicted octanol–water partition coefficient (Wildman–Crippen LogP) is 2.06. The van der Waals surface area contributed by atoms with Crippen LogP contribution in [-0.4, -0.2) is 57.4 Å². The Balaban J connectivity index is 1.98. The number of esters is 1. The minimum absolute atomic E-state index is 0.342. The first-order valence-corrected chi connectivity index (χ1v) is 10.5. The van der Waals surface area contributed by atoms with E-state index in [4.69, 9.17) is 21.7 Å². The summed E-state index contributed by atoms with van der Waals surface area (Å²) in [6.07, 6.45) is 0.971. The van der Waals surface area contributed by atoms with Gasteiger partial charge in [0.2, 0.25) is 0 Å². The molecule has 1 aliphatic rings. The lowest BCUT2D eigenvalue weighted by atomic mass is 9.93. The molecule has 2 aromatic rings. The monoisotopic (exact) mass is 428 g/mol. The van der Waals surface area contributed by atoms with E-state index in [9.17, 15) is 4.79 Å². The Morgan fingerprint density at radius 1 is 1.17 bits per heavy atom. The average molecular weight is 429 g/mol. The predicted molar refractivity (Wildman–Crippen MR) is 123 cm³/mol. The van der Waals surface area contributed by atoms with Crippen LogP contribution >= 0.6 is 12.2 Å². The second kappa shape index (κ2) is 9.45. The highest BCUT2D eigenvalue weighted by Crippen LogP contribution is 2.33. The minimum Gasteiger partial charge on any atom is -0.497 e. The van der Waals surface area contributed by atoms with Crippen molar-refractivity contribution >= 4 is 34.1 Å². The number of hydrogen-bond acceptors (Lipinski definition) is 4. The van der Waals surface area contributed by atoms with E-state index in [-0.39, 0.29) is 12.0 Å². The summed E-state index contributed by atoms with van der Waals surface area (Å²) in [7, 11) is 7.32. The Kier molecular flexibility index (Phi) is 6.95. The molecule has 0 radical (unpaired) electrons. The SMILES string of the molecule is COC(=O)C1=C(C)N(CCC[NH+](C)C)C(=S)N[C@@H]1c1ccc2cc(OC)ccc2c1. The van der Waals surface area contributed by atoms with Crippen LogP contribution in [0, 0.1) is 0 Å². The van der Waals surface area contributed by atoms with E-state index in [0.29, 0.717) is 10.7 Å². The maximum atomic E-state index is 12.7. The molecule has 0 aromatic heterocycles. The van der Waals surface area contributed by atoms with Crippen LogP contribution in [0.1, 0.15) is 24.9 Å². The second-order valence-electron chi connectivity index (χ2n) is 7.81. The molecule has 3 rings (SSSR count). The van der Waals surface area contributed by atoms with Crippen molar-refractivity contribution in [3.05, 3.63) is 53.2 Å². The summed E-state index contributed by atoms with van der Waals surface area (Å²) in [6, 6.07) is 11.7. The van der Waals surface area contributed by atoms with E-state index in [1.54, 1.807) is 7.11 Å². The number of hydrogen-bond donors (Lipinski definition) is 2. The fourth-order valence-corrected chi connectivity index (χ4v) is 4.16. The van der Waals surface area contributed by atoms with Crippen molar-refractivity contribution in [2.45, 2.75) is 19.4 Å². The molecule has 2 aromatic carbocycles. The number of rotatable bonds is 7. The van der Waals surface area contributed by atoms with Crippen LogP contribution in [0.2, 0.25) is 0 Å². The van der Waals surface area contributed by atoms with Gasteiger partial charge < -0.3 is 24.6 Å². The maximum absolute atomic E-state index is 12.7. The van der Waals surface area contributed by atoms with Crippen LogP contribution in [0.3, 0.4) is 0 Å².